The average Bonchev–Trinajstić information content (AvgIpc) is 2.22. The highest BCUT2D eigenvalue weighted by atomic mass is 127. The average molecular weight is 394 g/mol. The molecule has 1 fully saturated rings. The first kappa shape index (κ1) is 17.4. The molecule has 0 aromatic carbocycles. The maximum Gasteiger partial charge on any atom is 0.193 e. The molecule has 0 aromatic rings. The van der Waals surface area contributed by atoms with Crippen LogP contribution in [-0.4, -0.2) is 26.6 Å². The lowest BCUT2D eigenvalue weighted by molar-refractivity contribution is -0.0545. The van der Waals surface area contributed by atoms with E-state index in [1.807, 2.05) is 4.08 Å². The van der Waals surface area contributed by atoms with Crippen molar-refractivity contribution < 1.29 is 9.16 Å². The fourth-order valence-electron chi connectivity index (χ4n) is 1.97. The van der Waals surface area contributed by atoms with Gasteiger partial charge in [0.1, 0.15) is 6.10 Å². The lowest BCUT2D eigenvalue weighted by atomic mass is 9.97. The van der Waals surface area contributed by atoms with Crippen LogP contribution in [0, 0.1) is 0 Å². The van der Waals surface area contributed by atoms with Gasteiger partial charge in [0.05, 0.1) is 12.2 Å². The van der Waals surface area contributed by atoms with Gasteiger partial charge in [-0.15, -0.1) is 0 Å². The summed E-state index contributed by atoms with van der Waals surface area (Å²) in [5.41, 5.74) is 1.17. The van der Waals surface area contributed by atoms with Gasteiger partial charge in [-0.2, -0.15) is 0 Å². The van der Waals surface area contributed by atoms with E-state index in [4.69, 9.17) is 9.16 Å². The highest BCUT2D eigenvalue weighted by Gasteiger charge is 2.42. The van der Waals surface area contributed by atoms with Crippen LogP contribution in [0.3, 0.4) is 0 Å². The summed E-state index contributed by atoms with van der Waals surface area (Å²) in [6.45, 7) is 17.7. The molecule has 0 saturated carbocycles. The summed E-state index contributed by atoms with van der Waals surface area (Å²) in [7, 11) is -1.80. The van der Waals surface area contributed by atoms with Gasteiger partial charge in [-0.3, -0.25) is 0 Å². The van der Waals surface area contributed by atoms with Gasteiger partial charge in [-0.1, -0.05) is 49.9 Å². The predicted octanol–water partition coefficient (Wildman–Crippen LogP) is 5.06. The molecule has 0 aromatic heterocycles. The first-order valence-electron chi connectivity index (χ1n) is 6.86. The smallest absolute Gasteiger partial charge is 0.193 e. The van der Waals surface area contributed by atoms with Gasteiger partial charge in [-0.05, 0) is 47.2 Å². The Bertz CT molecular complexity index is 358. The predicted molar refractivity (Wildman–Crippen MR) is 93.3 cm³/mol. The van der Waals surface area contributed by atoms with Crippen molar-refractivity contribution in [3.8, 4) is 0 Å². The van der Waals surface area contributed by atoms with Crippen LogP contribution < -0.4 is 0 Å². The molecule has 0 aliphatic carbocycles. The van der Waals surface area contributed by atoms with Crippen molar-refractivity contribution in [1.29, 1.82) is 0 Å². The van der Waals surface area contributed by atoms with Crippen molar-refractivity contribution in [3.63, 3.8) is 0 Å². The van der Waals surface area contributed by atoms with Gasteiger partial charge < -0.3 is 9.16 Å². The molecule has 1 heterocycles. The topological polar surface area (TPSA) is 18.5 Å². The summed E-state index contributed by atoms with van der Waals surface area (Å²) >= 11 is 2.23. The van der Waals surface area contributed by atoms with Gasteiger partial charge in [0.15, 0.2) is 8.32 Å². The van der Waals surface area contributed by atoms with E-state index in [1.54, 1.807) is 0 Å². The highest BCUT2D eigenvalue weighted by molar-refractivity contribution is 14.1. The summed E-state index contributed by atoms with van der Waals surface area (Å²) in [5.74, 6) is 0. The molecule has 1 aliphatic rings. The molecule has 1 saturated heterocycles. The Morgan fingerprint density at radius 3 is 2.47 bits per heavy atom. The minimum Gasteiger partial charge on any atom is -0.407 e. The van der Waals surface area contributed by atoms with E-state index in [1.165, 1.54) is 5.57 Å². The fourth-order valence-corrected chi connectivity index (χ4v) is 3.67. The van der Waals surface area contributed by atoms with Crippen LogP contribution in [0.25, 0.3) is 0 Å². The quantitative estimate of drug-likeness (QED) is 0.379. The third kappa shape index (κ3) is 4.41. The standard InChI is InChI=1S/C15H27IO2Si/c1-11-10-12(2)17-13(8-9-16)14(11)18-19(6,7)15(3,4)5/h8-9,12-14H,1,10H2,2-7H3/b9-8+/t12-,13-,14+/m1/s1. The van der Waals surface area contributed by atoms with Crippen molar-refractivity contribution in [2.45, 2.75) is 70.6 Å². The first-order valence-corrected chi connectivity index (χ1v) is 11.0. The van der Waals surface area contributed by atoms with Crippen LogP contribution in [0.4, 0.5) is 0 Å². The number of halogens is 1. The van der Waals surface area contributed by atoms with Crippen molar-refractivity contribution in [2.24, 2.45) is 0 Å². The Morgan fingerprint density at radius 2 is 2.00 bits per heavy atom. The zero-order valence-corrected chi connectivity index (χ0v) is 16.2. The third-order valence-corrected chi connectivity index (χ3v) is 9.00. The first-order chi connectivity index (χ1) is 8.58. The van der Waals surface area contributed by atoms with Crippen LogP contribution in [0.15, 0.2) is 22.3 Å². The lowest BCUT2D eigenvalue weighted by Crippen LogP contribution is -2.50. The van der Waals surface area contributed by atoms with E-state index in [2.05, 4.69) is 76.0 Å². The molecule has 1 aliphatic heterocycles. The number of hydrogen-bond donors (Lipinski definition) is 0. The van der Waals surface area contributed by atoms with E-state index >= 15 is 0 Å². The van der Waals surface area contributed by atoms with Gasteiger partial charge in [0.25, 0.3) is 0 Å². The van der Waals surface area contributed by atoms with Crippen molar-refractivity contribution in [1.82, 2.24) is 0 Å². The summed E-state index contributed by atoms with van der Waals surface area (Å²) in [6, 6.07) is 0. The zero-order valence-electron chi connectivity index (χ0n) is 13.0. The largest absolute Gasteiger partial charge is 0.407 e. The lowest BCUT2D eigenvalue weighted by Gasteiger charge is -2.44. The molecule has 0 spiro atoms. The summed E-state index contributed by atoms with van der Waals surface area (Å²) in [5, 5.41) is 0.203. The normalized spacial score (nSPS) is 30.1. The second kappa shape index (κ2) is 6.41. The molecule has 4 heteroatoms. The van der Waals surface area contributed by atoms with E-state index < -0.39 is 8.32 Å². The summed E-state index contributed by atoms with van der Waals surface area (Å²) in [4.78, 5) is 0. The number of hydrogen-bond acceptors (Lipinski definition) is 2. The molecule has 0 amide bonds. The van der Waals surface area contributed by atoms with Crippen LogP contribution in [0.5, 0.6) is 0 Å². The maximum absolute atomic E-state index is 6.53. The molecule has 0 unspecified atom stereocenters. The van der Waals surface area contributed by atoms with E-state index in [0.717, 1.165) is 6.42 Å². The molecule has 19 heavy (non-hydrogen) atoms. The monoisotopic (exact) mass is 394 g/mol. The molecule has 1 rings (SSSR count). The minimum atomic E-state index is -1.80. The zero-order chi connectivity index (χ0) is 14.8. The molecular formula is C15H27IO2Si. The number of rotatable bonds is 3. The van der Waals surface area contributed by atoms with Gasteiger partial charge in [0.2, 0.25) is 0 Å². The third-order valence-electron chi connectivity index (χ3n) is 4.13. The Labute approximate surface area is 132 Å². The van der Waals surface area contributed by atoms with E-state index in [0.29, 0.717) is 0 Å². The molecule has 0 bridgehead atoms. The van der Waals surface area contributed by atoms with Crippen LogP contribution in [0.2, 0.25) is 18.1 Å². The minimum absolute atomic E-state index is 0.00211. The SMILES string of the molecule is C=C1C[C@@H](C)O[C@H](/C=C/I)[C@H]1O[Si](C)(C)C(C)(C)C. The second-order valence-corrected chi connectivity index (χ2v) is 12.4. The Kier molecular flexibility index (Phi) is 5.87. The van der Waals surface area contributed by atoms with Crippen molar-refractivity contribution in [3.05, 3.63) is 22.3 Å². The molecule has 110 valence electrons. The second-order valence-electron chi connectivity index (χ2n) is 6.89. The van der Waals surface area contributed by atoms with Crippen LogP contribution >= 0.6 is 22.6 Å². The van der Waals surface area contributed by atoms with Crippen LogP contribution in [-0.2, 0) is 9.16 Å². The van der Waals surface area contributed by atoms with Crippen molar-refractivity contribution >= 4 is 30.9 Å². The highest BCUT2D eigenvalue weighted by Crippen LogP contribution is 2.40. The van der Waals surface area contributed by atoms with Crippen molar-refractivity contribution in [2.75, 3.05) is 0 Å². The molecular weight excluding hydrogens is 367 g/mol. The molecule has 0 radical (unpaired) electrons. The summed E-state index contributed by atoms with van der Waals surface area (Å²) in [6.07, 6.45) is 3.21. The van der Waals surface area contributed by atoms with Gasteiger partial charge in [0, 0.05) is 0 Å². The Hall–Kier alpha value is 0.347. The Balaban J connectivity index is 2.92. The summed E-state index contributed by atoms with van der Waals surface area (Å²) < 4.78 is 14.6. The Morgan fingerprint density at radius 1 is 1.42 bits per heavy atom. The fraction of sp³-hybridized carbons (Fsp3) is 0.733. The molecule has 0 N–H and O–H groups in total. The van der Waals surface area contributed by atoms with E-state index in [9.17, 15) is 0 Å². The van der Waals surface area contributed by atoms with Gasteiger partial charge in [-0.25, -0.2) is 0 Å². The van der Waals surface area contributed by atoms with E-state index in [-0.39, 0.29) is 23.4 Å². The molecule has 2 nitrogen and oxygen atoms in total. The van der Waals surface area contributed by atoms with Gasteiger partial charge >= 0.3 is 0 Å². The van der Waals surface area contributed by atoms with Crippen LogP contribution in [0.1, 0.15) is 34.1 Å². The maximum atomic E-state index is 6.53. The number of ether oxygens (including phenoxy) is 1. The molecule has 3 atom stereocenters.